The number of carbonyl (C=O) groups excluding carboxylic acids is 2. The summed E-state index contributed by atoms with van der Waals surface area (Å²) in [5, 5.41) is 7.59. The Labute approximate surface area is 160 Å². The maximum atomic E-state index is 12.4. The summed E-state index contributed by atoms with van der Waals surface area (Å²) < 4.78 is 0. The van der Waals surface area contributed by atoms with Crippen LogP contribution in [-0.4, -0.2) is 40.6 Å². The van der Waals surface area contributed by atoms with Gasteiger partial charge in [-0.25, -0.2) is 4.98 Å². The summed E-state index contributed by atoms with van der Waals surface area (Å²) in [6.07, 6.45) is 2.59. The molecule has 2 aromatic rings. The fourth-order valence-electron chi connectivity index (χ4n) is 2.03. The molecule has 0 unspecified atom stereocenters. The second-order valence-corrected chi connectivity index (χ2v) is 7.95. The van der Waals surface area contributed by atoms with Gasteiger partial charge in [-0.1, -0.05) is 18.2 Å². The Balaban J connectivity index is 1.82. The van der Waals surface area contributed by atoms with Gasteiger partial charge in [0.15, 0.2) is 0 Å². The number of aromatic nitrogens is 1. The monoisotopic (exact) mass is 395 g/mol. The smallest absolute Gasteiger partial charge is 0.242 e. The summed E-state index contributed by atoms with van der Waals surface area (Å²) in [6.45, 7) is 0.382. The molecule has 1 aromatic carbocycles. The molecule has 1 atom stereocenters. The Morgan fingerprint density at radius 1 is 1.28 bits per heavy atom. The van der Waals surface area contributed by atoms with Gasteiger partial charge in [-0.3, -0.25) is 9.59 Å². The Kier molecular flexibility index (Phi) is 8.85. The highest BCUT2D eigenvalue weighted by Gasteiger charge is 2.20. The number of hydrogen-bond donors (Lipinski definition) is 2. The molecule has 0 aliphatic heterocycles. The van der Waals surface area contributed by atoms with Gasteiger partial charge < -0.3 is 10.6 Å². The lowest BCUT2D eigenvalue weighted by molar-refractivity contribution is -0.128. The van der Waals surface area contributed by atoms with Gasteiger partial charge in [0.2, 0.25) is 11.8 Å². The number of thioether (sulfide) groups is 2. The van der Waals surface area contributed by atoms with Crippen LogP contribution in [0, 0.1) is 0 Å². The topological polar surface area (TPSA) is 71.1 Å². The minimum atomic E-state index is -0.519. The molecule has 2 N–H and O–H groups in total. The molecule has 0 aliphatic carbocycles. The van der Waals surface area contributed by atoms with Gasteiger partial charge in [0, 0.05) is 10.3 Å². The number of thiazole rings is 1. The fraction of sp³-hybridized carbons (Fsp3) is 0.353. The first-order valence-corrected chi connectivity index (χ1v) is 11.1. The van der Waals surface area contributed by atoms with Gasteiger partial charge in [-0.2, -0.15) is 11.8 Å². The van der Waals surface area contributed by atoms with Crippen LogP contribution in [0.5, 0.6) is 0 Å². The van der Waals surface area contributed by atoms with Crippen molar-refractivity contribution >= 4 is 46.7 Å². The third-order valence-corrected chi connectivity index (χ3v) is 5.59. The van der Waals surface area contributed by atoms with Crippen LogP contribution in [0.25, 0.3) is 0 Å². The predicted molar refractivity (Wildman–Crippen MR) is 106 cm³/mol. The first-order valence-electron chi connectivity index (χ1n) is 7.80. The normalized spacial score (nSPS) is 11.7. The molecule has 8 heteroatoms. The summed E-state index contributed by atoms with van der Waals surface area (Å²) in [5.41, 5.74) is 2.56. The molecule has 2 rings (SSSR count). The van der Waals surface area contributed by atoms with E-state index >= 15 is 0 Å². The molecule has 0 saturated carbocycles. The van der Waals surface area contributed by atoms with Crippen molar-refractivity contribution in [1.29, 1.82) is 0 Å². The van der Waals surface area contributed by atoms with Crippen LogP contribution in [-0.2, 0) is 16.1 Å². The molecule has 0 saturated heterocycles. The van der Waals surface area contributed by atoms with Crippen molar-refractivity contribution < 1.29 is 9.59 Å². The molecule has 2 amide bonds. The minimum absolute atomic E-state index is 0.135. The lowest BCUT2D eigenvalue weighted by Gasteiger charge is -2.18. The first kappa shape index (κ1) is 19.8. The second-order valence-electron chi connectivity index (χ2n) is 5.20. The van der Waals surface area contributed by atoms with E-state index in [1.807, 2.05) is 42.0 Å². The van der Waals surface area contributed by atoms with Crippen molar-refractivity contribution in [2.75, 3.05) is 17.8 Å². The molecule has 0 fully saturated rings. The zero-order valence-corrected chi connectivity index (χ0v) is 16.4. The van der Waals surface area contributed by atoms with Gasteiger partial charge in [0.25, 0.3) is 0 Å². The highest BCUT2D eigenvalue weighted by molar-refractivity contribution is 8.00. The van der Waals surface area contributed by atoms with Gasteiger partial charge in [-0.15, -0.1) is 23.1 Å². The van der Waals surface area contributed by atoms with Crippen LogP contribution >= 0.6 is 34.9 Å². The quantitative estimate of drug-likeness (QED) is 0.605. The molecule has 0 aliphatic rings. The first-order chi connectivity index (χ1) is 12.2. The number of nitrogens with zero attached hydrogens (tertiary/aromatic N) is 1. The number of rotatable bonds is 10. The molecular weight excluding hydrogens is 374 g/mol. The van der Waals surface area contributed by atoms with E-state index in [9.17, 15) is 9.59 Å². The highest BCUT2D eigenvalue weighted by Crippen LogP contribution is 2.16. The second kappa shape index (κ2) is 11.2. The van der Waals surface area contributed by atoms with Crippen LogP contribution < -0.4 is 10.6 Å². The summed E-state index contributed by atoms with van der Waals surface area (Å²) in [7, 11) is 0. The van der Waals surface area contributed by atoms with Crippen molar-refractivity contribution in [2.24, 2.45) is 0 Å². The zero-order chi connectivity index (χ0) is 17.9. The summed E-state index contributed by atoms with van der Waals surface area (Å²) >= 11 is 4.60. The maximum absolute atomic E-state index is 12.4. The molecule has 134 valence electrons. The van der Waals surface area contributed by atoms with Gasteiger partial charge in [-0.05, 0) is 30.6 Å². The van der Waals surface area contributed by atoms with E-state index in [2.05, 4.69) is 15.6 Å². The Morgan fingerprint density at radius 2 is 2.08 bits per heavy atom. The number of carbonyl (C=O) groups is 2. The average molecular weight is 396 g/mol. The Hall–Kier alpha value is -1.51. The zero-order valence-electron chi connectivity index (χ0n) is 13.9. The fourth-order valence-corrected chi connectivity index (χ4v) is 3.79. The lowest BCUT2D eigenvalue weighted by Crippen LogP contribution is -2.47. The predicted octanol–water partition coefficient (Wildman–Crippen LogP) is 2.79. The average Bonchev–Trinajstić information content (AvgIpc) is 3.16. The van der Waals surface area contributed by atoms with Crippen LogP contribution in [0.4, 0.5) is 0 Å². The molecular formula is C17H21N3O2S3. The number of nitrogens with one attached hydrogen (secondary N) is 2. The van der Waals surface area contributed by atoms with Gasteiger partial charge in [0.05, 0.1) is 23.5 Å². The number of benzene rings is 1. The molecule has 5 nitrogen and oxygen atoms in total. The van der Waals surface area contributed by atoms with Crippen molar-refractivity contribution in [2.45, 2.75) is 23.9 Å². The third-order valence-electron chi connectivity index (χ3n) is 3.30. The highest BCUT2D eigenvalue weighted by atomic mass is 32.2. The van der Waals surface area contributed by atoms with E-state index in [0.717, 1.165) is 16.3 Å². The molecule has 1 heterocycles. The largest absolute Gasteiger partial charge is 0.349 e. The summed E-state index contributed by atoms with van der Waals surface area (Å²) in [4.78, 5) is 29.8. The van der Waals surface area contributed by atoms with Crippen molar-refractivity contribution in [3.8, 4) is 0 Å². The molecule has 0 radical (unpaired) electrons. The van der Waals surface area contributed by atoms with Crippen LogP contribution in [0.15, 0.2) is 46.1 Å². The van der Waals surface area contributed by atoms with E-state index < -0.39 is 6.04 Å². The number of amides is 2. The van der Waals surface area contributed by atoms with Crippen LogP contribution in [0.1, 0.15) is 12.1 Å². The molecule has 0 bridgehead atoms. The van der Waals surface area contributed by atoms with Gasteiger partial charge in [0.1, 0.15) is 6.04 Å². The van der Waals surface area contributed by atoms with E-state index in [-0.39, 0.29) is 11.8 Å². The van der Waals surface area contributed by atoms with E-state index in [0.29, 0.717) is 18.7 Å². The maximum Gasteiger partial charge on any atom is 0.242 e. The Bertz CT molecular complexity index is 650. The van der Waals surface area contributed by atoms with E-state index in [1.165, 1.54) is 23.1 Å². The summed E-state index contributed by atoms with van der Waals surface area (Å²) in [5.74, 6) is 0.795. The lowest BCUT2D eigenvalue weighted by atomic mass is 10.2. The number of hydrogen-bond acceptors (Lipinski definition) is 6. The minimum Gasteiger partial charge on any atom is -0.349 e. The van der Waals surface area contributed by atoms with E-state index in [4.69, 9.17) is 0 Å². The van der Waals surface area contributed by atoms with Crippen molar-refractivity contribution in [3.05, 3.63) is 46.9 Å². The Morgan fingerprint density at radius 3 is 2.76 bits per heavy atom. The SMILES string of the molecule is CSCC[C@H](NC(=O)CSc1ccccc1)C(=O)NCc1cscn1. The molecule has 0 spiro atoms. The van der Waals surface area contributed by atoms with E-state index in [1.54, 1.807) is 17.3 Å². The molecule has 25 heavy (non-hydrogen) atoms. The standard InChI is InChI=1S/C17H21N3O2S3/c1-23-8-7-15(17(22)18-9-13-10-24-12-19-13)20-16(21)11-25-14-5-3-2-4-6-14/h2-6,10,12,15H,7-9,11H2,1H3,(H,18,22)(H,20,21)/t15-/m0/s1. The van der Waals surface area contributed by atoms with Crippen molar-refractivity contribution in [3.63, 3.8) is 0 Å². The van der Waals surface area contributed by atoms with Gasteiger partial charge >= 0.3 is 0 Å². The summed E-state index contributed by atoms with van der Waals surface area (Å²) in [6, 6.07) is 9.22. The third kappa shape index (κ3) is 7.50. The van der Waals surface area contributed by atoms with Crippen molar-refractivity contribution in [1.82, 2.24) is 15.6 Å². The van der Waals surface area contributed by atoms with Crippen LogP contribution in [0.3, 0.4) is 0 Å². The van der Waals surface area contributed by atoms with Crippen LogP contribution in [0.2, 0.25) is 0 Å². The molecule has 1 aromatic heterocycles.